The summed E-state index contributed by atoms with van der Waals surface area (Å²) in [6, 6.07) is 1.11. The first-order valence-electron chi connectivity index (χ1n) is 6.21. The summed E-state index contributed by atoms with van der Waals surface area (Å²) in [6.07, 6.45) is 2.63. The highest BCUT2D eigenvalue weighted by atomic mass is 16.6. The number of hydrogen-bond donors (Lipinski definition) is 1. The third kappa shape index (κ3) is 2.55. The minimum atomic E-state index is -0.956. The van der Waals surface area contributed by atoms with E-state index in [2.05, 4.69) is 4.98 Å². The number of carboxylic acids is 1. The molecule has 0 aliphatic carbocycles. The van der Waals surface area contributed by atoms with Gasteiger partial charge in [-0.05, 0) is 13.0 Å². The zero-order valence-electron chi connectivity index (χ0n) is 10.9. The molecule has 2 atom stereocenters. The summed E-state index contributed by atoms with van der Waals surface area (Å²) in [6.45, 7) is 2.63. The summed E-state index contributed by atoms with van der Waals surface area (Å²) in [7, 11) is 0. The van der Waals surface area contributed by atoms with Crippen molar-refractivity contribution in [1.29, 1.82) is 0 Å². The molecule has 1 fully saturated rings. The Labute approximate surface area is 115 Å². The van der Waals surface area contributed by atoms with E-state index < -0.39 is 22.9 Å². The van der Waals surface area contributed by atoms with E-state index in [0.717, 1.165) is 0 Å². The number of pyridine rings is 1. The lowest BCUT2D eigenvalue weighted by atomic mass is 10.0. The van der Waals surface area contributed by atoms with Crippen molar-refractivity contribution in [2.45, 2.75) is 13.0 Å². The van der Waals surface area contributed by atoms with Crippen LogP contribution in [0.1, 0.15) is 6.92 Å². The van der Waals surface area contributed by atoms with Gasteiger partial charge in [0.2, 0.25) is 0 Å². The van der Waals surface area contributed by atoms with Gasteiger partial charge in [0.1, 0.15) is 17.8 Å². The van der Waals surface area contributed by atoms with Crippen LogP contribution in [0.3, 0.4) is 0 Å². The summed E-state index contributed by atoms with van der Waals surface area (Å²) in [5.41, 5.74) is 0.236. The molecule has 0 radical (unpaired) electrons. The van der Waals surface area contributed by atoms with Crippen molar-refractivity contribution < 1.29 is 19.6 Å². The van der Waals surface area contributed by atoms with Crippen molar-refractivity contribution >= 4 is 17.3 Å². The average Bonchev–Trinajstić information content (AvgIpc) is 2.89. The summed E-state index contributed by atoms with van der Waals surface area (Å²) in [5, 5.41) is 20.3. The molecule has 0 saturated carbocycles. The molecule has 1 aromatic rings. The molecule has 108 valence electrons. The largest absolute Gasteiger partial charge is 0.481 e. The number of ether oxygens (including phenoxy) is 1. The quantitative estimate of drug-likeness (QED) is 0.631. The lowest BCUT2D eigenvalue weighted by molar-refractivity contribution is -0.384. The van der Waals surface area contributed by atoms with Gasteiger partial charge in [-0.1, -0.05) is 0 Å². The maximum atomic E-state index is 11.2. The third-order valence-corrected chi connectivity index (χ3v) is 3.39. The number of carbonyl (C=O) groups is 1. The Hall–Kier alpha value is -2.22. The minimum Gasteiger partial charge on any atom is -0.481 e. The predicted octanol–water partition coefficient (Wildman–Crippen LogP) is 0.916. The SMILES string of the molecule is CCN(c1ccncc1[N+](=O)[O-])C1COCC1C(=O)O. The van der Waals surface area contributed by atoms with Crippen LogP contribution >= 0.6 is 0 Å². The molecule has 20 heavy (non-hydrogen) atoms. The Balaban J connectivity index is 2.38. The van der Waals surface area contributed by atoms with Gasteiger partial charge in [-0.3, -0.25) is 19.9 Å². The lowest BCUT2D eigenvalue weighted by Gasteiger charge is -2.30. The van der Waals surface area contributed by atoms with Crippen molar-refractivity contribution in [1.82, 2.24) is 4.98 Å². The zero-order valence-corrected chi connectivity index (χ0v) is 10.9. The topological polar surface area (TPSA) is 106 Å². The van der Waals surface area contributed by atoms with E-state index in [-0.39, 0.29) is 18.9 Å². The maximum Gasteiger partial charge on any atom is 0.311 e. The number of nitro groups is 1. The maximum absolute atomic E-state index is 11.2. The molecular formula is C12H15N3O5. The van der Waals surface area contributed by atoms with Crippen LogP contribution in [0.4, 0.5) is 11.4 Å². The highest BCUT2D eigenvalue weighted by Gasteiger charge is 2.39. The Kier molecular flexibility index (Phi) is 4.14. The van der Waals surface area contributed by atoms with Gasteiger partial charge in [-0.15, -0.1) is 0 Å². The molecule has 0 amide bonds. The number of nitrogens with zero attached hydrogens (tertiary/aromatic N) is 3. The number of likely N-dealkylation sites (N-methyl/N-ethyl adjacent to an activating group) is 1. The highest BCUT2D eigenvalue weighted by Crippen LogP contribution is 2.32. The van der Waals surface area contributed by atoms with Gasteiger partial charge in [0, 0.05) is 12.7 Å². The molecule has 2 rings (SSSR count). The van der Waals surface area contributed by atoms with Crippen LogP contribution in [0.15, 0.2) is 18.5 Å². The predicted molar refractivity (Wildman–Crippen MR) is 69.6 cm³/mol. The highest BCUT2D eigenvalue weighted by molar-refractivity contribution is 5.73. The molecule has 2 heterocycles. The van der Waals surface area contributed by atoms with Crippen molar-refractivity contribution in [2.75, 3.05) is 24.7 Å². The third-order valence-electron chi connectivity index (χ3n) is 3.39. The van der Waals surface area contributed by atoms with Crippen LogP contribution in [-0.2, 0) is 9.53 Å². The standard InChI is InChI=1S/C12H15N3O5/c1-2-14(11-7-20-6-8(11)12(16)17)9-3-4-13-5-10(9)15(18)19/h3-5,8,11H,2,6-7H2,1H3,(H,16,17). The van der Waals surface area contributed by atoms with Gasteiger partial charge in [0.25, 0.3) is 0 Å². The fourth-order valence-corrected chi connectivity index (χ4v) is 2.43. The number of hydrogen-bond acceptors (Lipinski definition) is 6. The molecule has 1 aromatic heterocycles. The van der Waals surface area contributed by atoms with E-state index in [1.165, 1.54) is 18.5 Å². The van der Waals surface area contributed by atoms with Crippen molar-refractivity contribution in [3.8, 4) is 0 Å². The first-order chi connectivity index (χ1) is 9.56. The molecule has 8 heteroatoms. The van der Waals surface area contributed by atoms with Gasteiger partial charge in [-0.2, -0.15) is 0 Å². The molecule has 0 bridgehead atoms. The number of aliphatic carboxylic acids is 1. The molecule has 1 N–H and O–H groups in total. The van der Waals surface area contributed by atoms with Crippen LogP contribution < -0.4 is 4.90 Å². The molecule has 2 unspecified atom stereocenters. The van der Waals surface area contributed by atoms with Crippen LogP contribution in [-0.4, -0.2) is 46.8 Å². The van der Waals surface area contributed by atoms with Gasteiger partial charge >= 0.3 is 11.7 Å². The molecule has 1 aliphatic rings. The average molecular weight is 281 g/mol. The van der Waals surface area contributed by atoms with Crippen molar-refractivity contribution in [2.24, 2.45) is 5.92 Å². The molecule has 0 aromatic carbocycles. The summed E-state index contributed by atoms with van der Waals surface area (Å²) >= 11 is 0. The second-order valence-corrected chi connectivity index (χ2v) is 4.46. The van der Waals surface area contributed by atoms with E-state index in [4.69, 9.17) is 4.74 Å². The fourth-order valence-electron chi connectivity index (χ4n) is 2.43. The molecule has 0 spiro atoms. The van der Waals surface area contributed by atoms with Crippen molar-refractivity contribution in [3.63, 3.8) is 0 Å². The fraction of sp³-hybridized carbons (Fsp3) is 0.500. The first-order valence-corrected chi connectivity index (χ1v) is 6.21. The van der Waals surface area contributed by atoms with Crippen LogP contribution in [0.2, 0.25) is 0 Å². The van der Waals surface area contributed by atoms with E-state index in [1.54, 1.807) is 4.90 Å². The molecule has 1 aliphatic heterocycles. The van der Waals surface area contributed by atoms with E-state index in [9.17, 15) is 20.0 Å². The van der Waals surface area contributed by atoms with E-state index in [0.29, 0.717) is 12.2 Å². The van der Waals surface area contributed by atoms with Gasteiger partial charge < -0.3 is 14.7 Å². The summed E-state index contributed by atoms with van der Waals surface area (Å²) < 4.78 is 5.23. The van der Waals surface area contributed by atoms with Gasteiger partial charge in [0.15, 0.2) is 0 Å². The Bertz CT molecular complexity index is 522. The number of aromatic nitrogens is 1. The minimum absolute atomic E-state index is 0.120. The second-order valence-electron chi connectivity index (χ2n) is 4.46. The zero-order chi connectivity index (χ0) is 14.7. The number of carboxylic acid groups (broad SMARTS) is 1. The van der Waals surface area contributed by atoms with E-state index >= 15 is 0 Å². The van der Waals surface area contributed by atoms with Gasteiger partial charge in [-0.25, -0.2) is 0 Å². The smallest absolute Gasteiger partial charge is 0.311 e. The van der Waals surface area contributed by atoms with Crippen LogP contribution in [0, 0.1) is 16.0 Å². The Morgan fingerprint density at radius 1 is 1.65 bits per heavy atom. The van der Waals surface area contributed by atoms with Crippen LogP contribution in [0.25, 0.3) is 0 Å². The summed E-state index contributed by atoms with van der Waals surface area (Å²) in [4.78, 5) is 27.2. The summed E-state index contributed by atoms with van der Waals surface area (Å²) in [5.74, 6) is -1.65. The molecule has 1 saturated heterocycles. The molecular weight excluding hydrogens is 266 g/mol. The normalized spacial score (nSPS) is 21.6. The molecule has 8 nitrogen and oxygen atoms in total. The van der Waals surface area contributed by atoms with Crippen LogP contribution in [0.5, 0.6) is 0 Å². The Morgan fingerprint density at radius 3 is 3.00 bits per heavy atom. The Morgan fingerprint density at radius 2 is 2.40 bits per heavy atom. The monoisotopic (exact) mass is 281 g/mol. The number of anilines is 1. The first kappa shape index (κ1) is 14.2. The number of rotatable bonds is 5. The van der Waals surface area contributed by atoms with Crippen molar-refractivity contribution in [3.05, 3.63) is 28.6 Å². The lowest BCUT2D eigenvalue weighted by Crippen LogP contribution is -2.43. The van der Waals surface area contributed by atoms with Gasteiger partial charge in [0.05, 0.1) is 24.2 Å². The second kappa shape index (κ2) is 5.83. The van der Waals surface area contributed by atoms with E-state index in [1.807, 2.05) is 6.92 Å².